The van der Waals surface area contributed by atoms with Crippen LogP contribution in [0.2, 0.25) is 0 Å². The first-order valence-electron chi connectivity index (χ1n) is 17.3. The molecule has 6 atom stereocenters. The molecule has 3 unspecified atom stereocenters. The molecule has 20 heteroatoms. The molecular formula is C32H56N8O11S. The summed E-state index contributed by atoms with van der Waals surface area (Å²) < 4.78 is 10.8. The summed E-state index contributed by atoms with van der Waals surface area (Å²) >= 11 is 1.40. The average Bonchev–Trinajstić information content (AvgIpc) is 3.09. The molecule has 0 spiro atoms. The lowest BCUT2D eigenvalue weighted by atomic mass is 10.0. The molecule has 0 aliphatic carbocycles. The highest BCUT2D eigenvalue weighted by Gasteiger charge is 2.34. The van der Waals surface area contributed by atoms with Crippen molar-refractivity contribution < 1.29 is 53.2 Å². The van der Waals surface area contributed by atoms with E-state index in [9.17, 15) is 43.8 Å². The molecule has 296 valence electrons. The van der Waals surface area contributed by atoms with E-state index in [1.165, 1.54) is 18.7 Å². The average molecular weight is 761 g/mol. The Bertz CT molecular complexity index is 1210. The minimum Gasteiger partial charge on any atom is -0.481 e. The molecule has 0 radical (unpaired) electrons. The second-order valence-electron chi connectivity index (χ2n) is 12.3. The van der Waals surface area contributed by atoms with Gasteiger partial charge in [-0.3, -0.25) is 39.0 Å². The molecule has 0 aromatic heterocycles. The Labute approximate surface area is 307 Å². The number of nitrogens with two attached hydrogens (primary N) is 1. The maximum absolute atomic E-state index is 13.7. The number of Topliss-reactive ketones (excluding diaryl/α,β-unsaturated/α-hetero) is 2. The van der Waals surface area contributed by atoms with E-state index in [4.69, 9.17) is 20.6 Å². The number of aliphatic carboxylic acids is 1. The van der Waals surface area contributed by atoms with Crippen LogP contribution in [0, 0.1) is 5.41 Å². The van der Waals surface area contributed by atoms with Crippen molar-refractivity contribution in [3.8, 4) is 0 Å². The van der Waals surface area contributed by atoms with Crippen molar-refractivity contribution >= 4 is 58.9 Å². The molecule has 1 heterocycles. The topological polar surface area (TPSA) is 300 Å². The molecule has 1 aliphatic rings. The number of nitrogens with one attached hydrogen (secondary N) is 7. The highest BCUT2D eigenvalue weighted by molar-refractivity contribution is 7.98. The molecule has 4 amide bonds. The van der Waals surface area contributed by atoms with E-state index in [0.717, 1.165) is 6.42 Å². The Kier molecular flexibility index (Phi) is 23.1. The molecule has 0 aromatic carbocycles. The molecule has 0 bridgehead atoms. The number of aliphatic hydroxyl groups excluding tert-OH is 1. The number of hydrogen-bond donors (Lipinski definition) is 10. The van der Waals surface area contributed by atoms with Crippen molar-refractivity contribution in [1.29, 1.82) is 5.41 Å². The van der Waals surface area contributed by atoms with Gasteiger partial charge in [0.15, 0.2) is 5.96 Å². The van der Waals surface area contributed by atoms with Crippen LogP contribution in [-0.2, 0) is 43.0 Å². The third-order valence-electron chi connectivity index (χ3n) is 7.88. The van der Waals surface area contributed by atoms with Crippen molar-refractivity contribution in [2.75, 3.05) is 51.5 Å². The third kappa shape index (κ3) is 19.1. The van der Waals surface area contributed by atoms with Gasteiger partial charge in [0.1, 0.15) is 24.7 Å². The van der Waals surface area contributed by atoms with Crippen LogP contribution in [0.5, 0.6) is 0 Å². The maximum atomic E-state index is 13.7. The number of rotatable bonds is 11. The first kappa shape index (κ1) is 46.2. The van der Waals surface area contributed by atoms with Crippen LogP contribution in [0.25, 0.3) is 0 Å². The first-order valence-corrected chi connectivity index (χ1v) is 18.7. The summed E-state index contributed by atoms with van der Waals surface area (Å²) in [6.45, 7) is 3.62. The smallest absolute Gasteiger partial charge is 0.303 e. The maximum Gasteiger partial charge on any atom is 0.303 e. The number of hydrogen-bond acceptors (Lipinski definition) is 13. The SMILES string of the molecule is CSCCC1NC(=O)[C@H](CCCNC(=N)N)NC(=O)C(CCC(=O)O)NC(=O)[C@H]([C@@H](C)O)NC(=O)COCCOCCCCCNC(C)C(=O)C1=O. The number of ether oxygens (including phenoxy) is 2. The van der Waals surface area contributed by atoms with Crippen LogP contribution in [0.4, 0.5) is 0 Å². The lowest BCUT2D eigenvalue weighted by molar-refractivity contribution is -0.140. The van der Waals surface area contributed by atoms with Crippen LogP contribution in [0.1, 0.15) is 65.2 Å². The van der Waals surface area contributed by atoms with Gasteiger partial charge in [-0.2, -0.15) is 11.8 Å². The fraction of sp³-hybridized carbons (Fsp3) is 0.750. The molecule has 1 aliphatic heterocycles. The number of carbonyl (C=O) groups excluding carboxylic acids is 6. The minimum absolute atomic E-state index is 0.0514. The van der Waals surface area contributed by atoms with Gasteiger partial charge in [-0.15, -0.1) is 0 Å². The minimum atomic E-state index is -1.56. The number of carboxylic acids is 1. The molecule has 0 saturated carbocycles. The van der Waals surface area contributed by atoms with Gasteiger partial charge < -0.3 is 57.3 Å². The number of ketones is 2. The zero-order chi connectivity index (χ0) is 39.1. The lowest BCUT2D eigenvalue weighted by Gasteiger charge is -2.27. The van der Waals surface area contributed by atoms with Gasteiger partial charge in [-0.1, -0.05) is 0 Å². The summed E-state index contributed by atoms with van der Waals surface area (Å²) in [7, 11) is 0. The predicted molar refractivity (Wildman–Crippen MR) is 191 cm³/mol. The van der Waals surface area contributed by atoms with Gasteiger partial charge in [-0.25, -0.2) is 0 Å². The number of guanidine groups is 1. The molecule has 11 N–H and O–H groups in total. The van der Waals surface area contributed by atoms with E-state index >= 15 is 0 Å². The van der Waals surface area contributed by atoms with Gasteiger partial charge in [0.2, 0.25) is 35.2 Å². The van der Waals surface area contributed by atoms with Gasteiger partial charge in [-0.05, 0) is 77.3 Å². The number of carboxylic acid groups (broad SMARTS) is 1. The summed E-state index contributed by atoms with van der Waals surface area (Å²) in [4.78, 5) is 91.0. The summed E-state index contributed by atoms with van der Waals surface area (Å²) in [5.41, 5.74) is 5.35. The van der Waals surface area contributed by atoms with Crippen molar-refractivity contribution in [3.63, 3.8) is 0 Å². The Morgan fingerprint density at radius 3 is 2.17 bits per heavy atom. The van der Waals surface area contributed by atoms with Crippen molar-refractivity contribution in [3.05, 3.63) is 0 Å². The Morgan fingerprint density at radius 1 is 0.904 bits per heavy atom. The zero-order valence-corrected chi connectivity index (χ0v) is 30.9. The van der Waals surface area contributed by atoms with E-state index in [2.05, 4.69) is 31.9 Å². The molecule has 1 fully saturated rings. The Hall–Kier alpha value is -3.85. The number of carbonyl (C=O) groups is 7. The molecule has 1 saturated heterocycles. The van der Waals surface area contributed by atoms with E-state index in [1.54, 1.807) is 13.2 Å². The first-order chi connectivity index (χ1) is 24.7. The fourth-order valence-electron chi connectivity index (χ4n) is 4.95. The standard InChI is InChI=1S/C32H56N8O11S/c1-19-27(45)28(46)21(11-17-52-3)37-29(47)22(8-7-13-36-32(33)34)38-30(48)23(9-10-25(43)44)39-31(49)26(20(2)41)40-24(42)18-51-16-15-50-14-6-4-5-12-35-19/h19-23,26,35,41H,4-18H2,1-3H3,(H,37,47)(H,38,48)(H,39,49)(H,40,42)(H,43,44)(H4,33,34,36)/t19?,20-,21?,22+,23?,26+/m1/s1. The molecule has 52 heavy (non-hydrogen) atoms. The van der Waals surface area contributed by atoms with E-state index < -0.39 is 96.9 Å². The fourth-order valence-corrected chi connectivity index (χ4v) is 5.42. The summed E-state index contributed by atoms with van der Waals surface area (Å²) in [5.74, 6) is -6.25. The van der Waals surface area contributed by atoms with Gasteiger partial charge in [0.05, 0.1) is 31.4 Å². The van der Waals surface area contributed by atoms with Crippen LogP contribution in [0.15, 0.2) is 0 Å². The van der Waals surface area contributed by atoms with Crippen molar-refractivity contribution in [2.45, 2.75) is 102 Å². The Morgan fingerprint density at radius 2 is 1.54 bits per heavy atom. The third-order valence-corrected chi connectivity index (χ3v) is 8.52. The summed E-state index contributed by atoms with van der Waals surface area (Å²) in [6.07, 6.45) is 1.80. The van der Waals surface area contributed by atoms with Crippen LogP contribution < -0.4 is 37.6 Å². The largest absolute Gasteiger partial charge is 0.481 e. The van der Waals surface area contributed by atoms with Gasteiger partial charge in [0, 0.05) is 19.6 Å². The lowest BCUT2D eigenvalue weighted by Crippen LogP contribution is -2.60. The van der Waals surface area contributed by atoms with Crippen LogP contribution in [0.3, 0.4) is 0 Å². The van der Waals surface area contributed by atoms with Gasteiger partial charge >= 0.3 is 5.97 Å². The van der Waals surface area contributed by atoms with E-state index in [0.29, 0.717) is 31.7 Å². The summed E-state index contributed by atoms with van der Waals surface area (Å²) in [5, 5.41) is 42.4. The highest BCUT2D eigenvalue weighted by atomic mass is 32.2. The predicted octanol–water partition coefficient (Wildman–Crippen LogP) is -2.48. The molecule has 1 rings (SSSR count). The normalized spacial score (nSPS) is 25.2. The van der Waals surface area contributed by atoms with Crippen LogP contribution >= 0.6 is 11.8 Å². The zero-order valence-electron chi connectivity index (χ0n) is 30.1. The second-order valence-corrected chi connectivity index (χ2v) is 13.3. The monoisotopic (exact) mass is 760 g/mol. The highest BCUT2D eigenvalue weighted by Crippen LogP contribution is 2.09. The molecular weight excluding hydrogens is 704 g/mol. The molecule has 19 nitrogen and oxygen atoms in total. The van der Waals surface area contributed by atoms with E-state index in [1.807, 2.05) is 0 Å². The Balaban J connectivity index is 3.41. The van der Waals surface area contributed by atoms with Crippen LogP contribution in [-0.4, -0.2) is 145 Å². The second kappa shape index (κ2) is 26.0. The van der Waals surface area contributed by atoms with Gasteiger partial charge in [0.25, 0.3) is 0 Å². The quantitative estimate of drug-likeness (QED) is 0.0452. The summed E-state index contributed by atoms with van der Waals surface area (Å²) in [6, 6.07) is -6.48. The number of thioether (sulfide) groups is 1. The number of amides is 4. The number of aliphatic hydroxyl groups is 1. The van der Waals surface area contributed by atoms with E-state index in [-0.39, 0.29) is 45.0 Å². The van der Waals surface area contributed by atoms with Crippen molar-refractivity contribution in [2.24, 2.45) is 5.73 Å². The molecule has 0 aromatic rings. The van der Waals surface area contributed by atoms with Crippen molar-refractivity contribution in [1.82, 2.24) is 31.9 Å².